The smallest absolute Gasteiger partial charge is 0.410 e. The van der Waals surface area contributed by atoms with Crippen molar-refractivity contribution >= 4 is 11.9 Å². The second kappa shape index (κ2) is 5.39. The fraction of sp³-hybridized carbons (Fsp3) is 0.333. The number of amides is 1. The molecule has 1 aliphatic heterocycles. The number of ether oxygens (including phenoxy) is 1. The van der Waals surface area contributed by atoms with Crippen molar-refractivity contribution in [3.63, 3.8) is 0 Å². The molecular weight excluding hydrogens is 234 g/mol. The Labute approximate surface area is 105 Å². The molecule has 1 atom stereocenters. The Morgan fingerprint density at radius 2 is 2.17 bits per heavy atom. The summed E-state index contributed by atoms with van der Waals surface area (Å²) >= 11 is 0. The van der Waals surface area contributed by atoms with Crippen molar-refractivity contribution in [3.8, 4) is 5.75 Å². The number of nitrogens with two attached hydrogens (primary N) is 1. The van der Waals surface area contributed by atoms with Crippen LogP contribution in [-0.2, 0) is 0 Å². The summed E-state index contributed by atoms with van der Waals surface area (Å²) in [5.41, 5.74) is 5.55. The summed E-state index contributed by atoms with van der Waals surface area (Å²) in [5, 5.41) is 11.6. The summed E-state index contributed by atoms with van der Waals surface area (Å²) in [5.74, 6) is 0.519. The first-order valence-electron chi connectivity index (χ1n) is 5.73. The van der Waals surface area contributed by atoms with E-state index >= 15 is 0 Å². The first-order chi connectivity index (χ1) is 8.72. The zero-order valence-electron chi connectivity index (χ0n) is 9.82. The number of para-hydroxylation sites is 1. The molecule has 1 unspecified atom stereocenters. The molecular formula is C12H15N3O3. The Hall–Kier alpha value is -2.24. The summed E-state index contributed by atoms with van der Waals surface area (Å²) in [4.78, 5) is 13.4. The highest BCUT2D eigenvalue weighted by molar-refractivity contribution is 5.89. The molecule has 1 fully saturated rings. The lowest BCUT2D eigenvalue weighted by atomic mass is 10.2. The molecule has 0 aliphatic carbocycles. The lowest BCUT2D eigenvalue weighted by molar-refractivity contribution is 0.156. The van der Waals surface area contributed by atoms with Gasteiger partial charge in [-0.15, -0.1) is 0 Å². The molecule has 1 aromatic carbocycles. The highest BCUT2D eigenvalue weighted by atomic mass is 16.6. The van der Waals surface area contributed by atoms with Crippen LogP contribution in [0.25, 0.3) is 0 Å². The number of amidine groups is 1. The predicted octanol–water partition coefficient (Wildman–Crippen LogP) is 1.40. The van der Waals surface area contributed by atoms with E-state index in [0.717, 1.165) is 6.42 Å². The van der Waals surface area contributed by atoms with E-state index in [1.54, 1.807) is 24.3 Å². The van der Waals surface area contributed by atoms with Gasteiger partial charge < -0.3 is 15.7 Å². The van der Waals surface area contributed by atoms with Crippen molar-refractivity contribution in [1.29, 1.82) is 0 Å². The van der Waals surface area contributed by atoms with Gasteiger partial charge in [-0.3, -0.25) is 4.90 Å². The van der Waals surface area contributed by atoms with Gasteiger partial charge in [-0.1, -0.05) is 23.4 Å². The molecule has 96 valence electrons. The summed E-state index contributed by atoms with van der Waals surface area (Å²) in [6.45, 7) is 0.548. The van der Waals surface area contributed by atoms with Crippen LogP contribution >= 0.6 is 0 Å². The van der Waals surface area contributed by atoms with Gasteiger partial charge in [0.05, 0.1) is 6.04 Å². The minimum Gasteiger partial charge on any atom is -0.410 e. The second-order valence-electron chi connectivity index (χ2n) is 4.06. The van der Waals surface area contributed by atoms with Crippen molar-refractivity contribution in [2.45, 2.75) is 18.9 Å². The Bertz CT molecular complexity index is 447. The number of carbonyl (C=O) groups excluding carboxylic acids is 1. The van der Waals surface area contributed by atoms with Gasteiger partial charge in [0.1, 0.15) is 5.75 Å². The van der Waals surface area contributed by atoms with Gasteiger partial charge in [-0.2, -0.15) is 0 Å². The van der Waals surface area contributed by atoms with Crippen LogP contribution < -0.4 is 10.5 Å². The number of nitrogens with zero attached hydrogens (tertiary/aromatic N) is 2. The molecule has 1 amide bonds. The molecule has 0 saturated carbocycles. The first-order valence-corrected chi connectivity index (χ1v) is 5.73. The number of rotatable bonds is 2. The van der Waals surface area contributed by atoms with E-state index in [9.17, 15) is 4.79 Å². The third-order valence-electron chi connectivity index (χ3n) is 2.89. The standard InChI is InChI=1S/C12H15N3O3/c13-11(14-17)10-7-4-8-15(10)12(16)18-9-5-2-1-3-6-9/h1-3,5-6,10,17H,4,7-8H2,(H2,13,14). The van der Waals surface area contributed by atoms with E-state index in [1.807, 2.05) is 6.07 Å². The molecule has 1 heterocycles. The molecule has 6 nitrogen and oxygen atoms in total. The zero-order chi connectivity index (χ0) is 13.0. The Kier molecular flexibility index (Phi) is 3.66. The second-order valence-corrected chi connectivity index (χ2v) is 4.06. The SMILES string of the molecule is NC(=NO)C1CCCN1C(=O)Oc1ccccc1. The lowest BCUT2D eigenvalue weighted by Crippen LogP contribution is -2.45. The maximum atomic E-state index is 12.0. The summed E-state index contributed by atoms with van der Waals surface area (Å²) in [7, 11) is 0. The minimum atomic E-state index is -0.477. The number of oxime groups is 1. The van der Waals surface area contributed by atoms with Crippen LogP contribution in [-0.4, -0.2) is 34.6 Å². The van der Waals surface area contributed by atoms with E-state index in [2.05, 4.69) is 5.16 Å². The van der Waals surface area contributed by atoms with Crippen LogP contribution in [0.4, 0.5) is 4.79 Å². The van der Waals surface area contributed by atoms with Crippen LogP contribution in [0.1, 0.15) is 12.8 Å². The molecule has 0 radical (unpaired) electrons. The molecule has 6 heteroatoms. The molecule has 1 aliphatic rings. The van der Waals surface area contributed by atoms with Crippen molar-refractivity contribution in [3.05, 3.63) is 30.3 Å². The van der Waals surface area contributed by atoms with Crippen LogP contribution in [0.2, 0.25) is 0 Å². The zero-order valence-corrected chi connectivity index (χ0v) is 9.82. The Morgan fingerprint density at radius 1 is 1.44 bits per heavy atom. The summed E-state index contributed by atoms with van der Waals surface area (Å²) in [6, 6.07) is 8.43. The molecule has 0 bridgehead atoms. The van der Waals surface area contributed by atoms with Gasteiger partial charge in [0.25, 0.3) is 0 Å². The topological polar surface area (TPSA) is 88.2 Å². The number of benzene rings is 1. The van der Waals surface area contributed by atoms with Crippen LogP contribution in [0.15, 0.2) is 35.5 Å². The number of carbonyl (C=O) groups is 1. The maximum absolute atomic E-state index is 12.0. The molecule has 3 N–H and O–H groups in total. The monoisotopic (exact) mass is 249 g/mol. The highest BCUT2D eigenvalue weighted by Crippen LogP contribution is 2.20. The third-order valence-corrected chi connectivity index (χ3v) is 2.89. The van der Waals surface area contributed by atoms with Crippen molar-refractivity contribution in [1.82, 2.24) is 4.90 Å². The summed E-state index contributed by atoms with van der Waals surface area (Å²) in [6.07, 6.45) is 1.01. The van der Waals surface area contributed by atoms with Crippen LogP contribution in [0.5, 0.6) is 5.75 Å². The van der Waals surface area contributed by atoms with E-state index < -0.39 is 6.09 Å². The van der Waals surface area contributed by atoms with Crippen molar-refractivity contribution < 1.29 is 14.7 Å². The maximum Gasteiger partial charge on any atom is 0.415 e. The average Bonchev–Trinajstić information content (AvgIpc) is 2.88. The fourth-order valence-corrected chi connectivity index (χ4v) is 2.01. The van der Waals surface area contributed by atoms with Crippen molar-refractivity contribution in [2.24, 2.45) is 10.9 Å². The summed E-state index contributed by atoms with van der Waals surface area (Å²) < 4.78 is 5.22. The van der Waals surface area contributed by atoms with Gasteiger partial charge in [0.15, 0.2) is 5.84 Å². The lowest BCUT2D eigenvalue weighted by Gasteiger charge is -2.22. The molecule has 18 heavy (non-hydrogen) atoms. The molecule has 0 spiro atoms. The molecule has 1 aromatic rings. The molecule has 0 aromatic heterocycles. The average molecular weight is 249 g/mol. The van der Waals surface area contributed by atoms with Gasteiger partial charge >= 0.3 is 6.09 Å². The first kappa shape index (κ1) is 12.2. The van der Waals surface area contributed by atoms with E-state index in [-0.39, 0.29) is 11.9 Å². The van der Waals surface area contributed by atoms with Crippen molar-refractivity contribution in [2.75, 3.05) is 6.54 Å². The largest absolute Gasteiger partial charge is 0.415 e. The minimum absolute atomic E-state index is 0.0394. The Morgan fingerprint density at radius 3 is 2.83 bits per heavy atom. The van der Waals surface area contributed by atoms with Gasteiger partial charge in [0.2, 0.25) is 0 Å². The van der Waals surface area contributed by atoms with E-state index in [4.69, 9.17) is 15.7 Å². The predicted molar refractivity (Wildman–Crippen MR) is 65.6 cm³/mol. The normalized spacial score (nSPS) is 19.9. The number of hydrogen-bond acceptors (Lipinski definition) is 4. The fourth-order valence-electron chi connectivity index (χ4n) is 2.01. The third kappa shape index (κ3) is 2.53. The molecule has 2 rings (SSSR count). The van der Waals surface area contributed by atoms with Gasteiger partial charge in [-0.05, 0) is 25.0 Å². The van der Waals surface area contributed by atoms with E-state index in [1.165, 1.54) is 4.90 Å². The van der Waals surface area contributed by atoms with Crippen LogP contribution in [0.3, 0.4) is 0 Å². The number of likely N-dealkylation sites (tertiary alicyclic amines) is 1. The van der Waals surface area contributed by atoms with Crippen LogP contribution in [0, 0.1) is 0 Å². The highest BCUT2D eigenvalue weighted by Gasteiger charge is 2.33. The number of hydrogen-bond donors (Lipinski definition) is 2. The van der Waals surface area contributed by atoms with E-state index in [0.29, 0.717) is 18.7 Å². The molecule has 1 saturated heterocycles. The van der Waals surface area contributed by atoms with Gasteiger partial charge in [-0.25, -0.2) is 4.79 Å². The Balaban J connectivity index is 2.05. The van der Waals surface area contributed by atoms with Gasteiger partial charge in [0, 0.05) is 6.54 Å². The quantitative estimate of drug-likeness (QED) is 0.359.